The highest BCUT2D eigenvalue weighted by molar-refractivity contribution is 5.82. The number of nitrogens with one attached hydrogen (secondary N) is 1. The minimum atomic E-state index is -0.00610. The Morgan fingerprint density at radius 3 is 2.65 bits per heavy atom. The summed E-state index contributed by atoms with van der Waals surface area (Å²) in [5.74, 6) is 0.910. The Morgan fingerprint density at radius 2 is 2.12 bits per heavy atom. The molecular formula is C14H28N2O. The zero-order chi connectivity index (χ0) is 13.1. The van der Waals surface area contributed by atoms with Gasteiger partial charge in [-0.05, 0) is 37.1 Å². The van der Waals surface area contributed by atoms with Crippen molar-refractivity contribution in [2.75, 3.05) is 20.1 Å². The summed E-state index contributed by atoms with van der Waals surface area (Å²) in [5, 5.41) is 3.39. The molecule has 0 bridgehead atoms. The molecule has 0 aromatic carbocycles. The molecule has 1 aliphatic rings. The van der Waals surface area contributed by atoms with Gasteiger partial charge in [0.25, 0.3) is 0 Å². The van der Waals surface area contributed by atoms with Crippen LogP contribution in [0.4, 0.5) is 0 Å². The number of hydrogen-bond donors (Lipinski definition) is 1. The largest absolute Gasteiger partial charge is 0.344 e. The van der Waals surface area contributed by atoms with Crippen LogP contribution < -0.4 is 5.32 Å². The molecule has 0 aromatic heterocycles. The number of amides is 1. The van der Waals surface area contributed by atoms with Gasteiger partial charge in [0.2, 0.25) is 5.91 Å². The van der Waals surface area contributed by atoms with Gasteiger partial charge in [-0.25, -0.2) is 0 Å². The summed E-state index contributed by atoms with van der Waals surface area (Å²) in [6.45, 7) is 10.6. The first-order valence-electron chi connectivity index (χ1n) is 6.83. The number of piperidine rings is 1. The first-order chi connectivity index (χ1) is 7.84. The molecular weight excluding hydrogens is 212 g/mol. The minimum absolute atomic E-state index is 0.00610. The molecule has 1 rings (SSSR count). The smallest absolute Gasteiger partial charge is 0.240 e. The average Bonchev–Trinajstić information content (AvgIpc) is 2.24. The first-order valence-corrected chi connectivity index (χ1v) is 6.83. The Morgan fingerprint density at radius 1 is 1.47 bits per heavy atom. The predicted octanol–water partition coefficient (Wildman–Crippen LogP) is 2.27. The maximum atomic E-state index is 12.4. The third-order valence-corrected chi connectivity index (χ3v) is 3.79. The molecule has 0 aliphatic carbocycles. The van der Waals surface area contributed by atoms with Crippen LogP contribution >= 0.6 is 0 Å². The van der Waals surface area contributed by atoms with E-state index in [0.717, 1.165) is 25.9 Å². The van der Waals surface area contributed by atoms with Gasteiger partial charge in [-0.1, -0.05) is 27.7 Å². The third-order valence-electron chi connectivity index (χ3n) is 3.79. The first kappa shape index (κ1) is 14.5. The fraction of sp³-hybridized carbons (Fsp3) is 0.929. The second-order valence-corrected chi connectivity index (χ2v) is 6.42. The van der Waals surface area contributed by atoms with Crippen LogP contribution in [0.15, 0.2) is 0 Å². The molecule has 1 aliphatic heterocycles. The topological polar surface area (TPSA) is 32.3 Å². The number of carbonyl (C=O) groups is 1. The van der Waals surface area contributed by atoms with Crippen molar-refractivity contribution in [3.05, 3.63) is 0 Å². The van der Waals surface area contributed by atoms with Crippen molar-refractivity contribution in [1.82, 2.24) is 10.2 Å². The highest BCUT2D eigenvalue weighted by Crippen LogP contribution is 2.30. The Bertz CT molecular complexity index is 261. The van der Waals surface area contributed by atoms with Crippen molar-refractivity contribution < 1.29 is 4.79 Å². The summed E-state index contributed by atoms with van der Waals surface area (Å²) >= 11 is 0. The van der Waals surface area contributed by atoms with Gasteiger partial charge in [-0.3, -0.25) is 4.79 Å². The zero-order valence-corrected chi connectivity index (χ0v) is 12.0. The lowest BCUT2D eigenvalue weighted by atomic mass is 9.77. The molecule has 1 saturated heterocycles. The minimum Gasteiger partial charge on any atom is -0.344 e. The molecule has 0 radical (unpaired) electrons. The van der Waals surface area contributed by atoms with Crippen LogP contribution in [-0.2, 0) is 4.79 Å². The molecule has 1 unspecified atom stereocenters. The van der Waals surface area contributed by atoms with Gasteiger partial charge in [0.15, 0.2) is 0 Å². The fourth-order valence-corrected chi connectivity index (χ4v) is 2.42. The third kappa shape index (κ3) is 3.98. The van der Waals surface area contributed by atoms with E-state index in [9.17, 15) is 4.79 Å². The van der Waals surface area contributed by atoms with E-state index in [0.29, 0.717) is 5.92 Å². The van der Waals surface area contributed by atoms with Gasteiger partial charge in [-0.15, -0.1) is 0 Å². The molecule has 1 amide bonds. The lowest BCUT2D eigenvalue weighted by Gasteiger charge is -2.40. The predicted molar refractivity (Wildman–Crippen MR) is 71.9 cm³/mol. The summed E-state index contributed by atoms with van der Waals surface area (Å²) in [4.78, 5) is 14.3. The van der Waals surface area contributed by atoms with Gasteiger partial charge in [-0.2, -0.15) is 0 Å². The van der Waals surface area contributed by atoms with Gasteiger partial charge < -0.3 is 10.2 Å². The number of rotatable bonds is 4. The number of carbonyl (C=O) groups excluding carboxylic acids is 1. The Balaban J connectivity index is 2.55. The molecule has 0 aromatic rings. The SMILES string of the molecule is CC(C)CCN(C)C(=O)C1NCCCC1(C)C. The summed E-state index contributed by atoms with van der Waals surface area (Å²) in [7, 11) is 1.93. The highest BCUT2D eigenvalue weighted by Gasteiger charge is 2.38. The van der Waals surface area contributed by atoms with E-state index in [2.05, 4.69) is 33.0 Å². The Labute approximate surface area is 106 Å². The van der Waals surface area contributed by atoms with Crippen molar-refractivity contribution >= 4 is 5.91 Å². The molecule has 3 heteroatoms. The summed E-state index contributed by atoms with van der Waals surface area (Å²) in [6.07, 6.45) is 3.39. The zero-order valence-electron chi connectivity index (χ0n) is 12.0. The van der Waals surface area contributed by atoms with E-state index in [-0.39, 0.29) is 17.4 Å². The summed E-state index contributed by atoms with van der Waals surface area (Å²) in [6, 6.07) is -0.00610. The summed E-state index contributed by atoms with van der Waals surface area (Å²) in [5.41, 5.74) is 0.0847. The van der Waals surface area contributed by atoms with Gasteiger partial charge >= 0.3 is 0 Å². The molecule has 100 valence electrons. The maximum absolute atomic E-state index is 12.4. The highest BCUT2D eigenvalue weighted by atomic mass is 16.2. The monoisotopic (exact) mass is 240 g/mol. The average molecular weight is 240 g/mol. The van der Waals surface area contributed by atoms with E-state index in [1.54, 1.807) is 0 Å². The Kier molecular flexibility index (Phi) is 4.99. The number of likely N-dealkylation sites (N-methyl/N-ethyl adjacent to an activating group) is 1. The summed E-state index contributed by atoms with van der Waals surface area (Å²) < 4.78 is 0. The van der Waals surface area contributed by atoms with Crippen LogP contribution in [0.1, 0.15) is 47.0 Å². The van der Waals surface area contributed by atoms with Crippen LogP contribution in [0.25, 0.3) is 0 Å². The lowest BCUT2D eigenvalue weighted by molar-refractivity contribution is -0.136. The molecule has 0 saturated carbocycles. The second-order valence-electron chi connectivity index (χ2n) is 6.42. The van der Waals surface area contributed by atoms with E-state index >= 15 is 0 Å². The van der Waals surface area contributed by atoms with Crippen LogP contribution in [0.3, 0.4) is 0 Å². The van der Waals surface area contributed by atoms with E-state index < -0.39 is 0 Å². The van der Waals surface area contributed by atoms with Crippen molar-refractivity contribution in [3.63, 3.8) is 0 Å². The molecule has 1 fully saturated rings. The van der Waals surface area contributed by atoms with E-state index in [4.69, 9.17) is 0 Å². The van der Waals surface area contributed by atoms with Crippen LogP contribution in [-0.4, -0.2) is 37.0 Å². The van der Waals surface area contributed by atoms with Crippen molar-refractivity contribution in [2.45, 2.75) is 53.0 Å². The van der Waals surface area contributed by atoms with Crippen LogP contribution in [0.2, 0.25) is 0 Å². The van der Waals surface area contributed by atoms with Gasteiger partial charge in [0.05, 0.1) is 6.04 Å². The van der Waals surface area contributed by atoms with Crippen molar-refractivity contribution in [3.8, 4) is 0 Å². The molecule has 0 spiro atoms. The van der Waals surface area contributed by atoms with Crippen molar-refractivity contribution in [1.29, 1.82) is 0 Å². The Hall–Kier alpha value is -0.570. The molecule has 1 atom stereocenters. The second kappa shape index (κ2) is 5.85. The van der Waals surface area contributed by atoms with E-state index in [1.165, 1.54) is 6.42 Å². The van der Waals surface area contributed by atoms with Crippen LogP contribution in [0.5, 0.6) is 0 Å². The van der Waals surface area contributed by atoms with Gasteiger partial charge in [0.1, 0.15) is 0 Å². The van der Waals surface area contributed by atoms with E-state index in [1.807, 2.05) is 11.9 Å². The molecule has 17 heavy (non-hydrogen) atoms. The lowest BCUT2D eigenvalue weighted by Crippen LogP contribution is -2.56. The normalized spacial score (nSPS) is 23.8. The van der Waals surface area contributed by atoms with Gasteiger partial charge in [0, 0.05) is 13.6 Å². The molecule has 1 heterocycles. The number of hydrogen-bond acceptors (Lipinski definition) is 2. The van der Waals surface area contributed by atoms with Crippen molar-refractivity contribution in [2.24, 2.45) is 11.3 Å². The fourth-order valence-electron chi connectivity index (χ4n) is 2.42. The number of nitrogens with zero attached hydrogens (tertiary/aromatic N) is 1. The quantitative estimate of drug-likeness (QED) is 0.817. The standard InChI is InChI=1S/C14H28N2O/c1-11(2)7-10-16(5)13(17)12-14(3,4)8-6-9-15-12/h11-12,15H,6-10H2,1-5H3. The molecule has 3 nitrogen and oxygen atoms in total. The molecule has 1 N–H and O–H groups in total. The maximum Gasteiger partial charge on any atom is 0.240 e. The van der Waals surface area contributed by atoms with Crippen LogP contribution in [0, 0.1) is 11.3 Å².